The highest BCUT2D eigenvalue weighted by Crippen LogP contribution is 2.27. The molecular weight excluding hydrogens is 452 g/mol. The predicted octanol–water partition coefficient (Wildman–Crippen LogP) is 4.15. The van der Waals surface area contributed by atoms with Crippen LogP contribution >= 0.6 is 28.1 Å². The smallest absolute Gasteiger partial charge is 0.265 e. The van der Waals surface area contributed by atoms with Crippen LogP contribution in [0.25, 0.3) is 6.08 Å². The third kappa shape index (κ3) is 4.99. The molecule has 2 amide bonds. The molecule has 5 nitrogen and oxygen atoms in total. The number of thiocarbonyl (C=S) groups is 1. The predicted molar refractivity (Wildman–Crippen MR) is 120 cm³/mol. The van der Waals surface area contributed by atoms with E-state index in [1.54, 1.807) is 18.2 Å². The van der Waals surface area contributed by atoms with Gasteiger partial charge in [0.2, 0.25) is 0 Å². The monoisotopic (exact) mass is 470 g/mol. The summed E-state index contributed by atoms with van der Waals surface area (Å²) < 4.78 is 6.78. The molecule has 0 atom stereocenters. The largest absolute Gasteiger partial charge is 0.488 e. The fourth-order valence-electron chi connectivity index (χ4n) is 2.87. The van der Waals surface area contributed by atoms with Crippen LogP contribution in [0.4, 0.5) is 0 Å². The quantitative estimate of drug-likeness (QED) is 0.298. The molecule has 2 aromatic carbocycles. The Morgan fingerprint density at radius 3 is 2.76 bits per heavy atom. The Hall–Kier alpha value is -2.77. The zero-order chi connectivity index (χ0) is 21.0. The minimum absolute atomic E-state index is 0.0149. The van der Waals surface area contributed by atoms with E-state index in [-0.39, 0.29) is 17.2 Å². The maximum absolute atomic E-state index is 12.8. The summed E-state index contributed by atoms with van der Waals surface area (Å²) in [4.78, 5) is 26.4. The number of aryl methyl sites for hydroxylation is 1. The van der Waals surface area contributed by atoms with E-state index >= 15 is 0 Å². The number of carbonyl (C=O) groups excluding carboxylic acids is 2. The number of benzene rings is 2. The van der Waals surface area contributed by atoms with Crippen molar-refractivity contribution >= 4 is 51.2 Å². The second-order valence-corrected chi connectivity index (χ2v) is 7.78. The van der Waals surface area contributed by atoms with Crippen LogP contribution in [0.1, 0.15) is 16.7 Å². The first-order chi connectivity index (χ1) is 13.9. The molecule has 148 valence electrons. The Kier molecular flexibility index (Phi) is 6.61. The number of nitrogens with zero attached hydrogens (tertiary/aromatic N) is 1. The number of ether oxygens (including phenoxy) is 1. The molecule has 0 aliphatic carbocycles. The van der Waals surface area contributed by atoms with Crippen LogP contribution < -0.4 is 10.1 Å². The van der Waals surface area contributed by atoms with E-state index in [1.165, 1.54) is 11.0 Å². The average Bonchev–Trinajstić information content (AvgIpc) is 2.68. The summed E-state index contributed by atoms with van der Waals surface area (Å²) in [6, 6.07) is 13.5. The average molecular weight is 471 g/mol. The Bertz CT molecular complexity index is 1030. The lowest BCUT2D eigenvalue weighted by molar-refractivity contribution is -0.128. The molecule has 1 N–H and O–H groups in total. The van der Waals surface area contributed by atoms with Crippen molar-refractivity contribution in [2.24, 2.45) is 0 Å². The molecule has 0 bridgehead atoms. The van der Waals surface area contributed by atoms with Crippen LogP contribution in [0.2, 0.25) is 0 Å². The van der Waals surface area contributed by atoms with Crippen molar-refractivity contribution in [1.29, 1.82) is 0 Å². The van der Waals surface area contributed by atoms with E-state index in [2.05, 4.69) is 27.8 Å². The summed E-state index contributed by atoms with van der Waals surface area (Å²) in [5.74, 6) is -0.445. The molecule has 1 aliphatic heterocycles. The number of hydrogen-bond donors (Lipinski definition) is 1. The Labute approximate surface area is 183 Å². The molecule has 2 aromatic rings. The lowest BCUT2D eigenvalue weighted by Crippen LogP contribution is -2.53. The van der Waals surface area contributed by atoms with Crippen LogP contribution in [0.3, 0.4) is 0 Å². The number of amides is 2. The van der Waals surface area contributed by atoms with Gasteiger partial charge in [0.15, 0.2) is 5.11 Å². The number of hydrogen-bond acceptors (Lipinski definition) is 4. The summed E-state index contributed by atoms with van der Waals surface area (Å²) in [5, 5.41) is 2.61. The summed E-state index contributed by atoms with van der Waals surface area (Å²) in [6.45, 7) is 6.22. The first kappa shape index (κ1) is 21.0. The van der Waals surface area contributed by atoms with Crippen LogP contribution in [-0.4, -0.2) is 28.4 Å². The molecular formula is C22H19BrN2O3S. The molecule has 1 heterocycles. The zero-order valence-electron chi connectivity index (χ0n) is 15.8. The fourth-order valence-corrected chi connectivity index (χ4v) is 3.50. The Morgan fingerprint density at radius 1 is 1.24 bits per heavy atom. The van der Waals surface area contributed by atoms with Gasteiger partial charge in [-0.15, -0.1) is 6.58 Å². The van der Waals surface area contributed by atoms with Gasteiger partial charge in [0, 0.05) is 16.6 Å². The van der Waals surface area contributed by atoms with Crippen molar-refractivity contribution in [2.45, 2.75) is 13.5 Å². The molecule has 29 heavy (non-hydrogen) atoms. The number of rotatable bonds is 6. The van der Waals surface area contributed by atoms with Crippen LogP contribution in [0, 0.1) is 6.92 Å². The Morgan fingerprint density at radius 2 is 2.03 bits per heavy atom. The lowest BCUT2D eigenvalue weighted by atomic mass is 10.1. The normalized spacial score (nSPS) is 15.4. The second kappa shape index (κ2) is 9.15. The van der Waals surface area contributed by atoms with E-state index in [0.717, 1.165) is 15.6 Å². The van der Waals surface area contributed by atoms with Gasteiger partial charge in [0.1, 0.15) is 17.9 Å². The zero-order valence-corrected chi connectivity index (χ0v) is 18.2. The van der Waals surface area contributed by atoms with Crippen molar-refractivity contribution in [3.8, 4) is 5.75 Å². The van der Waals surface area contributed by atoms with Gasteiger partial charge in [0.05, 0.1) is 0 Å². The van der Waals surface area contributed by atoms with Gasteiger partial charge in [0.25, 0.3) is 11.8 Å². The second-order valence-electron chi connectivity index (χ2n) is 6.48. The fraction of sp³-hybridized carbons (Fsp3) is 0.136. The van der Waals surface area contributed by atoms with Gasteiger partial charge < -0.3 is 4.74 Å². The van der Waals surface area contributed by atoms with Gasteiger partial charge in [-0.25, -0.2) is 0 Å². The minimum Gasteiger partial charge on any atom is -0.488 e. The lowest BCUT2D eigenvalue weighted by Gasteiger charge is -2.27. The molecule has 3 rings (SSSR count). The third-order valence-corrected chi connectivity index (χ3v) is 5.06. The standard InChI is InChI=1S/C22H19BrN2O3S/c1-3-9-25-21(27)18(20(26)24-22(25)29)12-16-11-17(23)7-8-19(16)28-13-15-6-4-5-14(2)10-15/h3-8,10-12H,1,9,13H2,2H3,(H,24,26,29)/b18-12+. The highest BCUT2D eigenvalue weighted by atomic mass is 79.9. The molecule has 1 aliphatic rings. The van der Waals surface area contributed by atoms with Gasteiger partial charge in [-0.3, -0.25) is 19.8 Å². The molecule has 1 saturated heterocycles. The highest BCUT2D eigenvalue weighted by Gasteiger charge is 2.32. The number of halogens is 1. The molecule has 0 aromatic heterocycles. The number of nitrogens with one attached hydrogen (secondary N) is 1. The SMILES string of the molecule is C=CCN1C(=O)/C(=C/c2cc(Br)ccc2OCc2cccc(C)c2)C(=O)NC1=S. The summed E-state index contributed by atoms with van der Waals surface area (Å²) >= 11 is 8.51. The van der Waals surface area contributed by atoms with Crippen LogP contribution in [-0.2, 0) is 16.2 Å². The van der Waals surface area contributed by atoms with E-state index in [9.17, 15) is 9.59 Å². The van der Waals surface area contributed by atoms with E-state index in [4.69, 9.17) is 17.0 Å². The van der Waals surface area contributed by atoms with Crippen molar-refractivity contribution in [2.75, 3.05) is 6.54 Å². The van der Waals surface area contributed by atoms with Crippen molar-refractivity contribution < 1.29 is 14.3 Å². The summed E-state index contributed by atoms with van der Waals surface area (Å²) in [7, 11) is 0. The third-order valence-electron chi connectivity index (χ3n) is 4.25. The highest BCUT2D eigenvalue weighted by molar-refractivity contribution is 9.10. The minimum atomic E-state index is -0.537. The summed E-state index contributed by atoms with van der Waals surface area (Å²) in [6.07, 6.45) is 3.07. The van der Waals surface area contributed by atoms with Crippen molar-refractivity contribution in [3.63, 3.8) is 0 Å². The number of carbonyl (C=O) groups is 2. The van der Waals surface area contributed by atoms with Gasteiger partial charge >= 0.3 is 0 Å². The first-order valence-electron chi connectivity index (χ1n) is 8.86. The maximum atomic E-state index is 12.8. The van der Waals surface area contributed by atoms with E-state index in [1.807, 2.05) is 37.3 Å². The maximum Gasteiger partial charge on any atom is 0.265 e. The molecule has 0 radical (unpaired) electrons. The van der Waals surface area contributed by atoms with E-state index < -0.39 is 11.8 Å². The molecule has 1 fully saturated rings. The van der Waals surface area contributed by atoms with Crippen LogP contribution in [0.5, 0.6) is 5.75 Å². The molecule has 0 unspecified atom stereocenters. The first-order valence-corrected chi connectivity index (χ1v) is 10.1. The van der Waals surface area contributed by atoms with E-state index in [0.29, 0.717) is 17.9 Å². The van der Waals surface area contributed by atoms with Gasteiger partial charge in [-0.1, -0.05) is 51.8 Å². The summed E-state index contributed by atoms with van der Waals surface area (Å²) in [5.41, 5.74) is 2.77. The Balaban J connectivity index is 1.92. The van der Waals surface area contributed by atoms with Crippen LogP contribution in [0.15, 0.2) is 65.2 Å². The van der Waals surface area contributed by atoms with Crippen molar-refractivity contribution in [3.05, 3.63) is 81.9 Å². The van der Waals surface area contributed by atoms with Gasteiger partial charge in [-0.2, -0.15) is 0 Å². The molecule has 0 spiro atoms. The molecule has 7 heteroatoms. The molecule has 0 saturated carbocycles. The van der Waals surface area contributed by atoms with Crippen molar-refractivity contribution in [1.82, 2.24) is 10.2 Å². The van der Waals surface area contributed by atoms with Gasteiger partial charge in [-0.05, 0) is 49.0 Å². The topological polar surface area (TPSA) is 58.6 Å².